The average molecular weight is 245 g/mol. The fourth-order valence-electron chi connectivity index (χ4n) is 1.65. The van der Waals surface area contributed by atoms with Crippen molar-refractivity contribution >= 4 is 24.9 Å². The molecule has 1 nitrogen and oxygen atoms in total. The Labute approximate surface area is 108 Å². The van der Waals surface area contributed by atoms with Crippen LogP contribution in [0.15, 0.2) is 48.5 Å². The van der Waals surface area contributed by atoms with Crippen LogP contribution in [-0.2, 0) is 6.42 Å². The van der Waals surface area contributed by atoms with Crippen LogP contribution >= 0.6 is 11.6 Å². The second-order valence-corrected chi connectivity index (χ2v) is 4.43. The average Bonchev–Trinajstić information content (AvgIpc) is 2.33. The van der Waals surface area contributed by atoms with Gasteiger partial charge in [0.05, 0.1) is 11.6 Å². The first-order valence-corrected chi connectivity index (χ1v) is 6.06. The molecule has 0 fully saturated rings. The molecule has 0 aliphatic carbocycles. The summed E-state index contributed by atoms with van der Waals surface area (Å²) in [6.45, 7) is 0.646. The largest absolute Gasteiger partial charge is 0.492 e. The summed E-state index contributed by atoms with van der Waals surface area (Å²) < 4.78 is 5.66. The number of hydrogen-bond donors (Lipinski definition) is 0. The molecular weight excluding hydrogens is 230 g/mol. The highest BCUT2D eigenvalue weighted by molar-refractivity contribution is 6.37. The monoisotopic (exact) mass is 244 g/mol. The summed E-state index contributed by atoms with van der Waals surface area (Å²) in [6.07, 6.45) is 0.894. The van der Waals surface area contributed by atoms with Crippen LogP contribution in [0, 0.1) is 0 Å². The Morgan fingerprint density at radius 2 is 1.82 bits per heavy atom. The van der Waals surface area contributed by atoms with Gasteiger partial charge in [-0.05, 0) is 17.7 Å². The van der Waals surface area contributed by atoms with Gasteiger partial charge in [0.25, 0.3) is 0 Å². The van der Waals surface area contributed by atoms with Gasteiger partial charge in [-0.3, -0.25) is 0 Å². The minimum atomic E-state index is 0.646. The van der Waals surface area contributed by atoms with Crippen molar-refractivity contribution in [2.24, 2.45) is 0 Å². The molecule has 17 heavy (non-hydrogen) atoms. The summed E-state index contributed by atoms with van der Waals surface area (Å²) in [5, 5.41) is 0.679. The number of ether oxygens (including phenoxy) is 1. The second-order valence-electron chi connectivity index (χ2n) is 4.02. The van der Waals surface area contributed by atoms with E-state index in [-0.39, 0.29) is 0 Å². The molecule has 86 valence electrons. The SMILES string of the molecule is Bc1ccc(OCCc2ccccc2)c(Cl)c1. The van der Waals surface area contributed by atoms with E-state index in [2.05, 4.69) is 12.1 Å². The third-order valence-corrected chi connectivity index (χ3v) is 2.87. The lowest BCUT2D eigenvalue weighted by Crippen LogP contribution is -2.05. The van der Waals surface area contributed by atoms with Crippen molar-refractivity contribution in [1.29, 1.82) is 0 Å². The van der Waals surface area contributed by atoms with Crippen molar-refractivity contribution in [3.8, 4) is 5.75 Å². The van der Waals surface area contributed by atoms with Crippen molar-refractivity contribution in [2.75, 3.05) is 6.61 Å². The highest BCUT2D eigenvalue weighted by atomic mass is 35.5. The molecule has 3 heteroatoms. The summed E-state index contributed by atoms with van der Waals surface area (Å²) in [7, 11) is 2.01. The van der Waals surface area contributed by atoms with E-state index in [1.165, 1.54) is 5.56 Å². The van der Waals surface area contributed by atoms with Gasteiger partial charge < -0.3 is 4.74 Å². The third kappa shape index (κ3) is 3.53. The van der Waals surface area contributed by atoms with Crippen molar-refractivity contribution in [1.82, 2.24) is 0 Å². The fourth-order valence-corrected chi connectivity index (χ4v) is 1.94. The van der Waals surface area contributed by atoms with Crippen LogP contribution in [0.25, 0.3) is 0 Å². The van der Waals surface area contributed by atoms with Crippen LogP contribution in [0.3, 0.4) is 0 Å². The molecule has 0 spiro atoms. The van der Waals surface area contributed by atoms with E-state index >= 15 is 0 Å². The molecule has 0 aliphatic rings. The molecule has 0 N–H and O–H groups in total. The van der Waals surface area contributed by atoms with Gasteiger partial charge >= 0.3 is 0 Å². The lowest BCUT2D eigenvalue weighted by molar-refractivity contribution is 0.322. The smallest absolute Gasteiger partial charge is 0.139 e. The molecule has 0 saturated heterocycles. The second kappa shape index (κ2) is 5.78. The maximum atomic E-state index is 6.09. The van der Waals surface area contributed by atoms with Crippen LogP contribution in [0.4, 0.5) is 0 Å². The number of halogens is 1. The molecule has 0 aromatic heterocycles. The van der Waals surface area contributed by atoms with Crippen LogP contribution in [0.5, 0.6) is 5.75 Å². The molecule has 2 rings (SSSR count). The van der Waals surface area contributed by atoms with Crippen LogP contribution < -0.4 is 10.2 Å². The van der Waals surface area contributed by atoms with Crippen LogP contribution in [0.2, 0.25) is 5.02 Å². The predicted molar refractivity (Wildman–Crippen MR) is 75.3 cm³/mol. The summed E-state index contributed by atoms with van der Waals surface area (Å²) in [5.41, 5.74) is 2.42. The molecule has 0 heterocycles. The highest BCUT2D eigenvalue weighted by Crippen LogP contribution is 2.22. The number of benzene rings is 2. The molecule has 0 atom stereocenters. The minimum absolute atomic E-state index is 0.646. The van der Waals surface area contributed by atoms with Gasteiger partial charge in [-0.15, -0.1) is 0 Å². The quantitative estimate of drug-likeness (QED) is 0.750. The third-order valence-electron chi connectivity index (χ3n) is 2.58. The zero-order valence-electron chi connectivity index (χ0n) is 9.82. The number of hydrogen-bond acceptors (Lipinski definition) is 1. The summed E-state index contributed by atoms with van der Waals surface area (Å²) in [5.74, 6) is 0.758. The predicted octanol–water partition coefficient (Wildman–Crippen LogP) is 2.22. The van der Waals surface area contributed by atoms with E-state index in [4.69, 9.17) is 16.3 Å². The van der Waals surface area contributed by atoms with E-state index in [9.17, 15) is 0 Å². The minimum Gasteiger partial charge on any atom is -0.492 e. The van der Waals surface area contributed by atoms with Gasteiger partial charge in [-0.1, -0.05) is 53.5 Å². The highest BCUT2D eigenvalue weighted by Gasteiger charge is 2.01. The maximum absolute atomic E-state index is 6.09. The molecule has 0 saturated carbocycles. The molecule has 0 aliphatic heterocycles. The standard InChI is InChI=1S/C14H14BClO/c15-12-6-7-14(13(16)10-12)17-9-8-11-4-2-1-3-5-11/h1-7,10H,8-9,15H2. The Kier molecular flexibility index (Phi) is 4.10. The first-order valence-electron chi connectivity index (χ1n) is 5.68. The Bertz CT molecular complexity index is 485. The summed E-state index contributed by atoms with van der Waals surface area (Å²) in [4.78, 5) is 0. The lowest BCUT2D eigenvalue weighted by Gasteiger charge is -2.08. The molecule has 0 amide bonds. The molecule has 0 bridgehead atoms. The van der Waals surface area contributed by atoms with Crippen LogP contribution in [0.1, 0.15) is 5.56 Å². The molecule has 2 aromatic rings. The zero-order valence-corrected chi connectivity index (χ0v) is 10.6. The molecular formula is C14H14BClO. The van der Waals surface area contributed by atoms with Gasteiger partial charge in [-0.2, -0.15) is 0 Å². The first-order chi connectivity index (χ1) is 8.25. The summed E-state index contributed by atoms with van der Waals surface area (Å²) >= 11 is 6.09. The maximum Gasteiger partial charge on any atom is 0.139 e. The van der Waals surface area contributed by atoms with E-state index in [0.29, 0.717) is 11.6 Å². The Morgan fingerprint density at radius 3 is 2.53 bits per heavy atom. The van der Waals surface area contributed by atoms with E-state index < -0.39 is 0 Å². The van der Waals surface area contributed by atoms with Crippen molar-refractivity contribution < 1.29 is 4.74 Å². The van der Waals surface area contributed by atoms with Gasteiger partial charge in [-0.25, -0.2) is 0 Å². The van der Waals surface area contributed by atoms with Gasteiger partial charge in [0.15, 0.2) is 0 Å². The van der Waals surface area contributed by atoms with Crippen molar-refractivity contribution in [3.63, 3.8) is 0 Å². The number of rotatable bonds is 4. The van der Waals surface area contributed by atoms with E-state index in [1.807, 2.05) is 44.2 Å². The first kappa shape index (κ1) is 12.1. The summed E-state index contributed by atoms with van der Waals surface area (Å²) in [6, 6.07) is 16.1. The van der Waals surface area contributed by atoms with E-state index in [1.54, 1.807) is 0 Å². The molecule has 0 radical (unpaired) electrons. The zero-order chi connectivity index (χ0) is 12.1. The van der Waals surface area contributed by atoms with Gasteiger partial charge in [0.2, 0.25) is 0 Å². The Morgan fingerprint density at radius 1 is 1.06 bits per heavy atom. The van der Waals surface area contributed by atoms with Crippen molar-refractivity contribution in [3.05, 3.63) is 59.1 Å². The van der Waals surface area contributed by atoms with Crippen molar-refractivity contribution in [2.45, 2.75) is 6.42 Å². The Hall–Kier alpha value is -1.41. The molecule has 2 aromatic carbocycles. The van der Waals surface area contributed by atoms with Gasteiger partial charge in [0.1, 0.15) is 13.6 Å². The normalized spacial score (nSPS) is 10.2. The van der Waals surface area contributed by atoms with Crippen LogP contribution in [-0.4, -0.2) is 14.5 Å². The fraction of sp³-hybridized carbons (Fsp3) is 0.143. The topological polar surface area (TPSA) is 9.23 Å². The molecule has 0 unspecified atom stereocenters. The Balaban J connectivity index is 1.90. The van der Waals surface area contributed by atoms with Gasteiger partial charge in [0, 0.05) is 6.42 Å². The lowest BCUT2D eigenvalue weighted by atomic mass is 9.97. The van der Waals surface area contributed by atoms with E-state index in [0.717, 1.165) is 17.6 Å².